The maximum Gasteiger partial charge on any atom is 0.256 e. The lowest BCUT2D eigenvalue weighted by molar-refractivity contribution is -0.181. The Morgan fingerprint density at radius 1 is 1.25 bits per heavy atom. The zero-order valence-electron chi connectivity index (χ0n) is 11.5. The van der Waals surface area contributed by atoms with Crippen LogP contribution in [0.25, 0.3) is 0 Å². The Hall–Kier alpha value is -1.46. The molecule has 0 bridgehead atoms. The Kier molecular flexibility index (Phi) is 3.48. The summed E-state index contributed by atoms with van der Waals surface area (Å²) in [4.78, 5) is 14.0. The minimum absolute atomic E-state index is 0.139. The molecule has 0 unspecified atom stereocenters. The molecule has 2 aliphatic heterocycles. The van der Waals surface area contributed by atoms with Gasteiger partial charge in [0.2, 0.25) is 0 Å². The Balaban J connectivity index is 1.69. The summed E-state index contributed by atoms with van der Waals surface area (Å²) in [7, 11) is 0. The van der Waals surface area contributed by atoms with E-state index in [4.69, 9.17) is 9.47 Å². The third-order valence-electron chi connectivity index (χ3n) is 3.98. The van der Waals surface area contributed by atoms with Crippen LogP contribution in [0.2, 0.25) is 0 Å². The third kappa shape index (κ3) is 2.43. The number of benzene rings is 1. The van der Waals surface area contributed by atoms with E-state index in [0.717, 1.165) is 5.56 Å². The number of ether oxygens (including phenoxy) is 2. The largest absolute Gasteiger partial charge is 0.347 e. The number of aryl methyl sites for hydroxylation is 1. The molecule has 0 atom stereocenters. The van der Waals surface area contributed by atoms with E-state index < -0.39 is 11.6 Å². The van der Waals surface area contributed by atoms with Crippen molar-refractivity contribution in [1.82, 2.24) is 4.90 Å². The molecule has 20 heavy (non-hydrogen) atoms. The molecule has 0 N–H and O–H groups in total. The summed E-state index contributed by atoms with van der Waals surface area (Å²) >= 11 is 0. The summed E-state index contributed by atoms with van der Waals surface area (Å²) in [5.41, 5.74) is 0.948. The van der Waals surface area contributed by atoms with Crippen molar-refractivity contribution in [2.24, 2.45) is 0 Å². The first-order valence-corrected chi connectivity index (χ1v) is 6.93. The highest BCUT2D eigenvalue weighted by atomic mass is 19.1. The fourth-order valence-corrected chi connectivity index (χ4v) is 2.80. The highest BCUT2D eigenvalue weighted by molar-refractivity contribution is 5.94. The fraction of sp³-hybridized carbons (Fsp3) is 0.533. The molecule has 1 aromatic rings. The van der Waals surface area contributed by atoms with Gasteiger partial charge in [0.1, 0.15) is 5.82 Å². The number of rotatable bonds is 1. The topological polar surface area (TPSA) is 38.8 Å². The molecule has 2 fully saturated rings. The van der Waals surface area contributed by atoms with Crippen molar-refractivity contribution in [2.45, 2.75) is 25.6 Å². The molecule has 0 aromatic heterocycles. The number of carbonyl (C=O) groups is 1. The summed E-state index contributed by atoms with van der Waals surface area (Å²) < 4.78 is 25.1. The number of hydrogen-bond donors (Lipinski definition) is 0. The van der Waals surface area contributed by atoms with Gasteiger partial charge in [-0.2, -0.15) is 0 Å². The first kappa shape index (κ1) is 13.5. The monoisotopic (exact) mass is 279 g/mol. The second-order valence-electron chi connectivity index (χ2n) is 5.38. The molecule has 108 valence electrons. The van der Waals surface area contributed by atoms with E-state index in [2.05, 4.69) is 0 Å². The molecular weight excluding hydrogens is 261 g/mol. The van der Waals surface area contributed by atoms with Gasteiger partial charge in [-0.15, -0.1) is 0 Å². The van der Waals surface area contributed by atoms with Crippen molar-refractivity contribution in [2.75, 3.05) is 26.3 Å². The number of nitrogens with zero attached hydrogens (tertiary/aromatic N) is 1. The second-order valence-corrected chi connectivity index (χ2v) is 5.38. The Labute approximate surface area is 117 Å². The molecule has 2 saturated heterocycles. The van der Waals surface area contributed by atoms with Gasteiger partial charge in [-0.1, -0.05) is 6.07 Å². The quantitative estimate of drug-likeness (QED) is 0.790. The average Bonchev–Trinajstić information content (AvgIpc) is 2.87. The van der Waals surface area contributed by atoms with E-state index >= 15 is 0 Å². The summed E-state index contributed by atoms with van der Waals surface area (Å²) in [6.07, 6.45) is 1.29. The van der Waals surface area contributed by atoms with E-state index in [1.165, 1.54) is 6.07 Å². The van der Waals surface area contributed by atoms with Crippen LogP contribution in [-0.4, -0.2) is 42.9 Å². The number of hydrogen-bond acceptors (Lipinski definition) is 3. The molecule has 3 rings (SSSR count). The number of halogens is 1. The molecule has 0 aliphatic carbocycles. The fourth-order valence-electron chi connectivity index (χ4n) is 2.80. The summed E-state index contributed by atoms with van der Waals surface area (Å²) in [6, 6.07) is 4.70. The van der Waals surface area contributed by atoms with Crippen molar-refractivity contribution in [3.05, 3.63) is 35.1 Å². The van der Waals surface area contributed by atoms with Crippen LogP contribution in [-0.2, 0) is 9.47 Å². The molecular formula is C15H18FNO3. The van der Waals surface area contributed by atoms with Crippen LogP contribution in [0, 0.1) is 12.7 Å². The van der Waals surface area contributed by atoms with Crippen LogP contribution < -0.4 is 0 Å². The first-order chi connectivity index (χ1) is 9.60. The standard InChI is InChI=1S/C15H18FNO3/c1-11-2-3-12(13(16)10-11)14(18)17-6-4-15(5-7-17)19-8-9-20-15/h2-3,10H,4-9H2,1H3. The van der Waals surface area contributed by atoms with Gasteiger partial charge in [0.05, 0.1) is 18.8 Å². The van der Waals surface area contributed by atoms with Gasteiger partial charge in [-0.25, -0.2) is 4.39 Å². The molecule has 5 heteroatoms. The smallest absolute Gasteiger partial charge is 0.256 e. The van der Waals surface area contributed by atoms with E-state index in [1.807, 2.05) is 0 Å². The van der Waals surface area contributed by atoms with Gasteiger partial charge in [0.15, 0.2) is 5.79 Å². The van der Waals surface area contributed by atoms with Crippen molar-refractivity contribution >= 4 is 5.91 Å². The molecule has 4 nitrogen and oxygen atoms in total. The zero-order chi connectivity index (χ0) is 14.2. The highest BCUT2D eigenvalue weighted by Crippen LogP contribution is 2.31. The van der Waals surface area contributed by atoms with Crippen LogP contribution >= 0.6 is 0 Å². The predicted molar refractivity (Wildman–Crippen MR) is 70.9 cm³/mol. The minimum Gasteiger partial charge on any atom is -0.347 e. The maximum atomic E-state index is 13.9. The van der Waals surface area contributed by atoms with Crippen molar-refractivity contribution in [3.8, 4) is 0 Å². The number of amides is 1. The van der Waals surface area contributed by atoms with Crippen molar-refractivity contribution in [3.63, 3.8) is 0 Å². The van der Waals surface area contributed by atoms with Gasteiger partial charge in [-0.3, -0.25) is 4.79 Å². The van der Waals surface area contributed by atoms with Gasteiger partial charge >= 0.3 is 0 Å². The number of carbonyl (C=O) groups excluding carboxylic acids is 1. The molecule has 1 aromatic carbocycles. The van der Waals surface area contributed by atoms with E-state index in [1.54, 1.807) is 24.0 Å². The maximum absolute atomic E-state index is 13.9. The molecule has 2 aliphatic rings. The van der Waals surface area contributed by atoms with E-state index in [-0.39, 0.29) is 11.5 Å². The zero-order valence-corrected chi connectivity index (χ0v) is 11.5. The van der Waals surface area contributed by atoms with Crippen LogP contribution in [0.3, 0.4) is 0 Å². The van der Waals surface area contributed by atoms with E-state index in [0.29, 0.717) is 39.1 Å². The second kappa shape index (κ2) is 5.14. The third-order valence-corrected chi connectivity index (χ3v) is 3.98. The Morgan fingerprint density at radius 2 is 1.90 bits per heavy atom. The first-order valence-electron chi connectivity index (χ1n) is 6.93. The van der Waals surface area contributed by atoms with Crippen LogP contribution in [0.4, 0.5) is 4.39 Å². The Bertz CT molecular complexity index is 516. The highest BCUT2D eigenvalue weighted by Gasteiger charge is 2.41. The van der Waals surface area contributed by atoms with E-state index in [9.17, 15) is 9.18 Å². The lowest BCUT2D eigenvalue weighted by atomic mass is 10.0. The lowest BCUT2D eigenvalue weighted by Crippen LogP contribution is -2.47. The summed E-state index contributed by atoms with van der Waals surface area (Å²) in [6.45, 7) is 4.09. The minimum atomic E-state index is -0.511. The summed E-state index contributed by atoms with van der Waals surface area (Å²) in [5, 5.41) is 0. The van der Waals surface area contributed by atoms with Gasteiger partial charge in [0, 0.05) is 25.9 Å². The Morgan fingerprint density at radius 3 is 2.50 bits per heavy atom. The normalized spacial score (nSPS) is 21.4. The molecule has 1 amide bonds. The SMILES string of the molecule is Cc1ccc(C(=O)N2CCC3(CC2)OCCO3)c(F)c1. The van der Waals surface area contributed by atoms with Gasteiger partial charge in [-0.05, 0) is 24.6 Å². The number of piperidine rings is 1. The molecule has 0 radical (unpaired) electrons. The summed E-state index contributed by atoms with van der Waals surface area (Å²) in [5.74, 6) is -1.22. The lowest BCUT2D eigenvalue weighted by Gasteiger charge is -2.37. The van der Waals surface area contributed by atoms with Crippen molar-refractivity contribution in [1.29, 1.82) is 0 Å². The number of likely N-dealkylation sites (tertiary alicyclic amines) is 1. The molecule has 2 heterocycles. The van der Waals surface area contributed by atoms with Crippen LogP contribution in [0.15, 0.2) is 18.2 Å². The van der Waals surface area contributed by atoms with Crippen LogP contribution in [0.1, 0.15) is 28.8 Å². The average molecular weight is 279 g/mol. The predicted octanol–water partition coefficient (Wildman–Crippen LogP) is 2.11. The van der Waals surface area contributed by atoms with Gasteiger partial charge < -0.3 is 14.4 Å². The van der Waals surface area contributed by atoms with Crippen LogP contribution in [0.5, 0.6) is 0 Å². The van der Waals surface area contributed by atoms with Crippen molar-refractivity contribution < 1.29 is 18.7 Å². The molecule has 1 spiro atoms. The molecule has 0 saturated carbocycles. The van der Waals surface area contributed by atoms with Gasteiger partial charge in [0.25, 0.3) is 5.91 Å².